The number of nitrogens with one attached hydrogen (secondary N) is 1. The molecule has 0 unspecified atom stereocenters. The largest absolute Gasteiger partial charge is 0.494 e. The fourth-order valence-corrected chi connectivity index (χ4v) is 3.50. The average Bonchev–Trinajstić information content (AvgIpc) is 2.90. The highest BCUT2D eigenvalue weighted by Gasteiger charge is 2.51. The molecule has 28 heavy (non-hydrogen) atoms. The summed E-state index contributed by atoms with van der Waals surface area (Å²) < 4.78 is 17.8. The fraction of sp³-hybridized carbons (Fsp3) is 0.600. The molecule has 2 aliphatic rings. The molecule has 0 aliphatic carbocycles. The molecule has 8 heteroatoms. The van der Waals surface area contributed by atoms with Crippen molar-refractivity contribution >= 4 is 29.3 Å². The van der Waals surface area contributed by atoms with Gasteiger partial charge in [-0.2, -0.15) is 0 Å². The van der Waals surface area contributed by atoms with E-state index in [-0.39, 0.29) is 11.2 Å². The summed E-state index contributed by atoms with van der Waals surface area (Å²) in [4.78, 5) is 11.3. The van der Waals surface area contributed by atoms with Crippen LogP contribution >= 0.6 is 0 Å². The Morgan fingerprint density at radius 3 is 2.50 bits per heavy atom. The molecule has 1 aromatic heterocycles. The normalized spacial score (nSPS) is 21.9. The van der Waals surface area contributed by atoms with Gasteiger partial charge in [-0.1, -0.05) is 6.07 Å². The summed E-state index contributed by atoms with van der Waals surface area (Å²) in [6, 6.07) is 6.11. The van der Waals surface area contributed by atoms with Crippen molar-refractivity contribution in [3.05, 3.63) is 24.5 Å². The van der Waals surface area contributed by atoms with Crippen LogP contribution in [0.4, 0.5) is 5.82 Å². The Balaban J connectivity index is 1.51. The van der Waals surface area contributed by atoms with Crippen molar-refractivity contribution in [3.63, 3.8) is 0 Å². The minimum Gasteiger partial charge on any atom is -0.399 e. The van der Waals surface area contributed by atoms with E-state index in [9.17, 15) is 0 Å². The lowest BCUT2D eigenvalue weighted by molar-refractivity contribution is 0.00578. The zero-order valence-electron chi connectivity index (χ0n) is 17.2. The third kappa shape index (κ3) is 3.87. The van der Waals surface area contributed by atoms with Crippen LogP contribution in [0.15, 0.2) is 24.5 Å². The third-order valence-corrected chi connectivity index (χ3v) is 6.01. The van der Waals surface area contributed by atoms with E-state index < -0.39 is 7.12 Å². The Bertz CT molecular complexity index is 823. The molecule has 1 aromatic carbocycles. The second-order valence-electron chi connectivity index (χ2n) is 8.47. The van der Waals surface area contributed by atoms with Crippen LogP contribution in [0.3, 0.4) is 0 Å². The Morgan fingerprint density at radius 1 is 1.07 bits per heavy atom. The summed E-state index contributed by atoms with van der Waals surface area (Å²) in [7, 11) is -0.393. The van der Waals surface area contributed by atoms with E-state index in [2.05, 4.69) is 53.9 Å². The maximum absolute atomic E-state index is 6.20. The maximum atomic E-state index is 6.20. The molecule has 0 radical (unpaired) electrons. The Hall–Kier alpha value is -1.74. The number of ether oxygens (including phenoxy) is 1. The summed E-state index contributed by atoms with van der Waals surface area (Å²) in [5.41, 5.74) is 1.17. The smallest absolute Gasteiger partial charge is 0.399 e. The lowest BCUT2D eigenvalue weighted by atomic mass is 9.78. The van der Waals surface area contributed by atoms with Gasteiger partial charge in [0.05, 0.1) is 29.9 Å². The van der Waals surface area contributed by atoms with Crippen molar-refractivity contribution in [3.8, 4) is 0 Å². The number of fused-ring (bicyclic) bond motifs is 1. The highest BCUT2D eigenvalue weighted by molar-refractivity contribution is 6.62. The predicted octanol–water partition coefficient (Wildman–Crippen LogP) is 1.67. The average molecular weight is 384 g/mol. The molecule has 0 amide bonds. The monoisotopic (exact) mass is 384 g/mol. The Kier molecular flexibility index (Phi) is 5.31. The summed E-state index contributed by atoms with van der Waals surface area (Å²) in [5, 5.41) is 4.45. The standard InChI is InChI=1S/C20H29BN4O3/c1-19(2)20(3,4)28-21(27-19)15-5-6-17-16(13-15)18(24-14-23-17)22-7-8-25-9-11-26-12-10-25/h5-6,13-14H,7-12H2,1-4H3,(H,22,23,24). The summed E-state index contributed by atoms with van der Waals surface area (Å²) in [6.07, 6.45) is 1.61. The van der Waals surface area contributed by atoms with E-state index in [1.165, 1.54) is 0 Å². The number of nitrogens with zero attached hydrogens (tertiary/aromatic N) is 3. The summed E-state index contributed by atoms with van der Waals surface area (Å²) >= 11 is 0. The second kappa shape index (κ2) is 7.59. The van der Waals surface area contributed by atoms with Crippen LogP contribution < -0.4 is 10.8 Å². The first kappa shape index (κ1) is 19.6. The molecule has 2 fully saturated rings. The van der Waals surface area contributed by atoms with Crippen LogP contribution in [-0.4, -0.2) is 72.6 Å². The Morgan fingerprint density at radius 2 is 1.79 bits per heavy atom. The zero-order chi connectivity index (χ0) is 19.8. The lowest BCUT2D eigenvalue weighted by Gasteiger charge is -2.32. The predicted molar refractivity (Wildman–Crippen MR) is 111 cm³/mol. The molecule has 7 nitrogen and oxygen atoms in total. The molecule has 0 spiro atoms. The van der Waals surface area contributed by atoms with Crippen molar-refractivity contribution in [1.29, 1.82) is 0 Å². The minimum absolute atomic E-state index is 0.362. The molecule has 2 aromatic rings. The number of anilines is 1. The first-order valence-corrected chi connectivity index (χ1v) is 10.00. The SMILES string of the molecule is CC1(C)OB(c2ccc3ncnc(NCCN4CCOCC4)c3c2)OC1(C)C. The van der Waals surface area contributed by atoms with Gasteiger partial charge in [0.25, 0.3) is 0 Å². The quantitative estimate of drug-likeness (QED) is 0.787. The van der Waals surface area contributed by atoms with Crippen molar-refractivity contribution in [2.75, 3.05) is 44.7 Å². The first-order valence-electron chi connectivity index (χ1n) is 10.00. The van der Waals surface area contributed by atoms with Crippen LogP contribution in [0, 0.1) is 0 Å². The topological polar surface area (TPSA) is 68.7 Å². The molecule has 4 rings (SSSR count). The fourth-order valence-electron chi connectivity index (χ4n) is 3.50. The lowest BCUT2D eigenvalue weighted by Crippen LogP contribution is -2.41. The zero-order valence-corrected chi connectivity index (χ0v) is 17.2. The van der Waals surface area contributed by atoms with Gasteiger partial charge in [-0.05, 0) is 45.3 Å². The van der Waals surface area contributed by atoms with Crippen molar-refractivity contribution < 1.29 is 14.0 Å². The van der Waals surface area contributed by atoms with Crippen LogP contribution in [0.1, 0.15) is 27.7 Å². The van der Waals surface area contributed by atoms with E-state index in [0.29, 0.717) is 0 Å². The number of hydrogen-bond donors (Lipinski definition) is 1. The van der Waals surface area contributed by atoms with Crippen molar-refractivity contribution in [1.82, 2.24) is 14.9 Å². The van der Waals surface area contributed by atoms with E-state index >= 15 is 0 Å². The third-order valence-electron chi connectivity index (χ3n) is 6.01. The van der Waals surface area contributed by atoms with Gasteiger partial charge in [-0.25, -0.2) is 9.97 Å². The van der Waals surface area contributed by atoms with Gasteiger partial charge in [0.2, 0.25) is 0 Å². The van der Waals surface area contributed by atoms with E-state index in [4.69, 9.17) is 14.0 Å². The van der Waals surface area contributed by atoms with E-state index in [0.717, 1.165) is 61.6 Å². The maximum Gasteiger partial charge on any atom is 0.494 e. The van der Waals surface area contributed by atoms with Gasteiger partial charge in [-0.15, -0.1) is 0 Å². The van der Waals surface area contributed by atoms with Crippen LogP contribution in [-0.2, 0) is 14.0 Å². The summed E-state index contributed by atoms with van der Waals surface area (Å²) in [6.45, 7) is 13.6. The van der Waals surface area contributed by atoms with Gasteiger partial charge in [0, 0.05) is 31.6 Å². The molecule has 2 saturated heterocycles. The molecule has 0 saturated carbocycles. The van der Waals surface area contributed by atoms with Gasteiger partial charge < -0.3 is 19.4 Å². The molecule has 150 valence electrons. The molecular weight excluding hydrogens is 355 g/mol. The van der Waals surface area contributed by atoms with E-state index in [1.807, 2.05) is 12.1 Å². The van der Waals surface area contributed by atoms with Crippen LogP contribution in [0.5, 0.6) is 0 Å². The van der Waals surface area contributed by atoms with Crippen LogP contribution in [0.25, 0.3) is 10.9 Å². The molecule has 2 aliphatic heterocycles. The molecular formula is C20H29BN4O3. The van der Waals surface area contributed by atoms with Gasteiger partial charge in [-0.3, -0.25) is 4.90 Å². The number of morpholine rings is 1. The number of rotatable bonds is 5. The van der Waals surface area contributed by atoms with Gasteiger partial charge in [0.15, 0.2) is 0 Å². The molecule has 1 N–H and O–H groups in total. The van der Waals surface area contributed by atoms with Gasteiger partial charge in [0.1, 0.15) is 12.1 Å². The number of benzene rings is 1. The van der Waals surface area contributed by atoms with Crippen LogP contribution in [0.2, 0.25) is 0 Å². The number of aromatic nitrogens is 2. The first-order chi connectivity index (χ1) is 13.4. The van der Waals surface area contributed by atoms with Crippen molar-refractivity contribution in [2.45, 2.75) is 38.9 Å². The van der Waals surface area contributed by atoms with E-state index in [1.54, 1.807) is 6.33 Å². The highest BCUT2D eigenvalue weighted by Crippen LogP contribution is 2.36. The van der Waals surface area contributed by atoms with Gasteiger partial charge >= 0.3 is 7.12 Å². The highest BCUT2D eigenvalue weighted by atomic mass is 16.7. The second-order valence-corrected chi connectivity index (χ2v) is 8.47. The minimum atomic E-state index is -0.393. The molecule has 0 bridgehead atoms. The molecule has 3 heterocycles. The summed E-state index contributed by atoms with van der Waals surface area (Å²) in [5.74, 6) is 0.844. The molecule has 0 atom stereocenters. The Labute approximate surface area is 166 Å². The number of hydrogen-bond acceptors (Lipinski definition) is 7. The van der Waals surface area contributed by atoms with Crippen molar-refractivity contribution in [2.24, 2.45) is 0 Å².